The van der Waals surface area contributed by atoms with Crippen molar-refractivity contribution in [3.05, 3.63) is 0 Å². The van der Waals surface area contributed by atoms with Crippen LogP contribution in [0.3, 0.4) is 0 Å². The number of hydrogen-bond acceptors (Lipinski definition) is 4. The molecule has 0 aliphatic carbocycles. The molecule has 0 bridgehead atoms. The maximum atomic E-state index is 5.67. The average molecular weight is 279 g/mol. The molecule has 0 spiro atoms. The van der Waals surface area contributed by atoms with Gasteiger partial charge in [0, 0.05) is 25.9 Å². The molecule has 0 unspecified atom stereocenters. The summed E-state index contributed by atoms with van der Waals surface area (Å²) in [6, 6.07) is 0.867. The van der Waals surface area contributed by atoms with E-state index in [1.54, 1.807) is 0 Å². The fourth-order valence-corrected chi connectivity index (χ4v) is 4.36. The van der Waals surface area contributed by atoms with E-state index in [2.05, 4.69) is 12.6 Å². The third-order valence-electron chi connectivity index (χ3n) is 1.73. The number of rotatable bonds is 9. The van der Waals surface area contributed by atoms with Gasteiger partial charge in [-0.2, -0.15) is 12.6 Å². The van der Waals surface area contributed by atoms with Gasteiger partial charge in [-0.05, 0) is 32.9 Å². The summed E-state index contributed by atoms with van der Waals surface area (Å²) in [5.74, 6) is 0.849. The molecule has 6 heteroatoms. The molecule has 0 saturated heterocycles. The summed E-state index contributed by atoms with van der Waals surface area (Å²) < 4.78 is 17.0. The summed E-state index contributed by atoms with van der Waals surface area (Å²) in [4.78, 5) is 0. The van der Waals surface area contributed by atoms with Crippen molar-refractivity contribution in [1.29, 1.82) is 0 Å². The van der Waals surface area contributed by atoms with Gasteiger partial charge >= 0.3 is 60.2 Å². The van der Waals surface area contributed by atoms with Crippen LogP contribution in [0.2, 0.25) is 6.04 Å². The molecule has 0 heterocycles. The van der Waals surface area contributed by atoms with Crippen LogP contribution < -0.4 is 51.4 Å². The van der Waals surface area contributed by atoms with Crippen LogP contribution in [0.15, 0.2) is 0 Å². The first-order valence-corrected chi connectivity index (χ1v) is 7.83. The van der Waals surface area contributed by atoms with Crippen LogP contribution in [-0.4, -0.2) is 34.4 Å². The number of hydrogen-bond donors (Lipinski definition) is 1. The summed E-state index contributed by atoms with van der Waals surface area (Å²) in [7, 11) is -2.37. The van der Waals surface area contributed by atoms with Crippen molar-refractivity contribution in [2.24, 2.45) is 0 Å². The quantitative estimate of drug-likeness (QED) is 0.454. The molecule has 88 valence electrons. The van der Waals surface area contributed by atoms with Crippen LogP contribution in [0.4, 0.5) is 0 Å². The van der Waals surface area contributed by atoms with Gasteiger partial charge in [0.1, 0.15) is 0 Å². The minimum absolute atomic E-state index is 0. The Morgan fingerprint density at radius 1 is 1.00 bits per heavy atom. The maximum absolute atomic E-state index is 5.67. The zero-order valence-corrected chi connectivity index (χ0v) is 15.4. The van der Waals surface area contributed by atoms with Gasteiger partial charge in [-0.1, -0.05) is 0 Å². The van der Waals surface area contributed by atoms with E-state index >= 15 is 0 Å². The zero-order valence-electron chi connectivity index (χ0n) is 11.4. The summed E-state index contributed by atoms with van der Waals surface area (Å²) in [6.45, 7) is 7.87. The fourth-order valence-electron chi connectivity index (χ4n) is 1.30. The molecule has 15 heavy (non-hydrogen) atoms. The van der Waals surface area contributed by atoms with Gasteiger partial charge in [0.2, 0.25) is 0 Å². The van der Waals surface area contributed by atoms with E-state index < -0.39 is 8.80 Å². The Morgan fingerprint density at radius 2 is 1.40 bits per heavy atom. The van der Waals surface area contributed by atoms with E-state index in [0.29, 0.717) is 19.8 Å². The van der Waals surface area contributed by atoms with Crippen LogP contribution >= 0.6 is 12.6 Å². The van der Waals surface area contributed by atoms with E-state index in [-0.39, 0.29) is 52.8 Å². The SMILES string of the molecule is CCO[Si](CCCS)(OCC)OCC.[H-].[K+]. The van der Waals surface area contributed by atoms with Gasteiger partial charge in [-0.3, -0.25) is 0 Å². The van der Waals surface area contributed by atoms with Crippen LogP contribution in [0.1, 0.15) is 28.6 Å². The van der Waals surface area contributed by atoms with Crippen molar-refractivity contribution in [1.82, 2.24) is 0 Å². The second-order valence-electron chi connectivity index (χ2n) is 2.81. The second kappa shape index (κ2) is 12.5. The Morgan fingerprint density at radius 3 is 1.67 bits per heavy atom. The third kappa shape index (κ3) is 8.76. The van der Waals surface area contributed by atoms with E-state index in [9.17, 15) is 0 Å². The Kier molecular flexibility index (Phi) is 16.2. The molecule has 0 aromatic rings. The Bertz CT molecular complexity index is 129. The second-order valence-corrected chi connectivity index (χ2v) is 5.99. The standard InChI is InChI=1S/C9H22O3SSi.K.H/c1-4-10-14(11-5-2,12-6-3)9-7-8-13;;/h13H,4-9H2,1-3H3;;/q;+1;-1. The Balaban J connectivity index is -0.000000845. The van der Waals surface area contributed by atoms with Gasteiger partial charge in [-0.25, -0.2) is 0 Å². The summed E-state index contributed by atoms with van der Waals surface area (Å²) in [5.41, 5.74) is 0. The topological polar surface area (TPSA) is 27.7 Å². The van der Waals surface area contributed by atoms with Crippen LogP contribution in [-0.2, 0) is 13.3 Å². The first-order valence-electron chi connectivity index (χ1n) is 5.27. The maximum Gasteiger partial charge on any atom is 1.00 e. The average Bonchev–Trinajstić information content (AvgIpc) is 2.16. The molecule has 0 aromatic heterocycles. The van der Waals surface area contributed by atoms with Gasteiger partial charge < -0.3 is 14.7 Å². The molecule has 0 aliphatic heterocycles. The molecule has 0 radical (unpaired) electrons. The normalized spacial score (nSPS) is 11.2. The molecule has 0 aromatic carbocycles. The van der Waals surface area contributed by atoms with Crippen molar-refractivity contribution in [3.8, 4) is 0 Å². The van der Waals surface area contributed by atoms with E-state index in [1.807, 2.05) is 20.8 Å². The molecule has 0 aliphatic rings. The molecule has 0 amide bonds. The van der Waals surface area contributed by atoms with Gasteiger partial charge in [0.05, 0.1) is 0 Å². The molecule has 0 atom stereocenters. The van der Waals surface area contributed by atoms with Crippen LogP contribution in [0, 0.1) is 0 Å². The first-order chi connectivity index (χ1) is 6.74. The zero-order chi connectivity index (χ0) is 10.9. The van der Waals surface area contributed by atoms with E-state index in [4.69, 9.17) is 13.3 Å². The summed E-state index contributed by atoms with van der Waals surface area (Å²) >= 11 is 4.19. The van der Waals surface area contributed by atoms with Crippen molar-refractivity contribution < 1.29 is 66.1 Å². The first kappa shape index (κ1) is 19.4. The predicted octanol–water partition coefficient (Wildman–Crippen LogP) is -0.529. The third-order valence-corrected chi connectivity index (χ3v) is 5.20. The fraction of sp³-hybridized carbons (Fsp3) is 1.00. The molecule has 0 saturated carbocycles. The monoisotopic (exact) mass is 278 g/mol. The molecular weight excluding hydrogens is 255 g/mol. The summed E-state index contributed by atoms with van der Waals surface area (Å²) in [6.07, 6.45) is 0.981. The molecular formula is C9H23KO3SSi. The van der Waals surface area contributed by atoms with E-state index in [0.717, 1.165) is 18.2 Å². The van der Waals surface area contributed by atoms with Crippen molar-refractivity contribution in [2.75, 3.05) is 25.6 Å². The molecule has 0 rings (SSSR count). The van der Waals surface area contributed by atoms with Gasteiger partial charge in [0.25, 0.3) is 0 Å². The Hall–Kier alpha value is 2.08. The van der Waals surface area contributed by atoms with Crippen molar-refractivity contribution in [3.63, 3.8) is 0 Å². The largest absolute Gasteiger partial charge is 1.00 e. The summed E-state index contributed by atoms with van der Waals surface area (Å²) in [5, 5.41) is 0. The van der Waals surface area contributed by atoms with E-state index in [1.165, 1.54) is 0 Å². The Labute approximate surface area is 144 Å². The van der Waals surface area contributed by atoms with Crippen molar-refractivity contribution >= 4 is 21.4 Å². The predicted molar refractivity (Wildman–Crippen MR) is 65.0 cm³/mol. The van der Waals surface area contributed by atoms with Crippen LogP contribution in [0.25, 0.3) is 0 Å². The molecule has 0 N–H and O–H groups in total. The molecule has 3 nitrogen and oxygen atoms in total. The molecule has 0 fully saturated rings. The minimum Gasteiger partial charge on any atom is -1.00 e. The van der Waals surface area contributed by atoms with Gasteiger partial charge in [-0.15, -0.1) is 0 Å². The van der Waals surface area contributed by atoms with Gasteiger partial charge in [0.15, 0.2) is 0 Å². The number of thiol groups is 1. The smallest absolute Gasteiger partial charge is 1.00 e. The minimum atomic E-state index is -2.37. The van der Waals surface area contributed by atoms with Crippen LogP contribution in [0.5, 0.6) is 0 Å². The van der Waals surface area contributed by atoms with Crippen molar-refractivity contribution in [2.45, 2.75) is 33.2 Å².